The molecule has 104 valence electrons. The third kappa shape index (κ3) is 2.67. The summed E-state index contributed by atoms with van der Waals surface area (Å²) in [5.41, 5.74) is 0. The lowest BCUT2D eigenvalue weighted by Gasteiger charge is -2.24. The van der Waals surface area contributed by atoms with E-state index in [2.05, 4.69) is 12.2 Å². The first-order valence-corrected chi connectivity index (χ1v) is 7.59. The fraction of sp³-hybridized carbons (Fsp3) is 0.929. The zero-order valence-corrected chi connectivity index (χ0v) is 12.2. The molecule has 1 N–H and O–H groups in total. The second-order valence-electron chi connectivity index (χ2n) is 5.89. The van der Waals surface area contributed by atoms with Gasteiger partial charge < -0.3 is 10.1 Å². The second kappa shape index (κ2) is 5.79. The molecule has 0 radical (unpaired) electrons. The van der Waals surface area contributed by atoms with Crippen molar-refractivity contribution in [3.63, 3.8) is 0 Å². The van der Waals surface area contributed by atoms with Gasteiger partial charge in [0.2, 0.25) is 5.91 Å². The summed E-state index contributed by atoms with van der Waals surface area (Å²) in [5, 5.41) is 3.20. The maximum absolute atomic E-state index is 12.4. The van der Waals surface area contributed by atoms with Crippen molar-refractivity contribution in [3.05, 3.63) is 0 Å². The number of nitrogens with one attached hydrogen (secondary N) is 1. The van der Waals surface area contributed by atoms with Crippen LogP contribution in [-0.4, -0.2) is 30.0 Å². The normalized spacial score (nSPS) is 44.2. The van der Waals surface area contributed by atoms with Gasteiger partial charge in [-0.05, 0) is 38.5 Å². The van der Waals surface area contributed by atoms with E-state index in [-0.39, 0.29) is 36.0 Å². The fourth-order valence-corrected chi connectivity index (χ4v) is 3.78. The van der Waals surface area contributed by atoms with E-state index in [0.29, 0.717) is 11.8 Å². The highest BCUT2D eigenvalue weighted by Crippen LogP contribution is 2.33. The minimum absolute atomic E-state index is 0.0171. The van der Waals surface area contributed by atoms with Crippen LogP contribution in [0.1, 0.15) is 40.0 Å². The standard InChI is InChI=1S/C14H24ClNO2/c1-8-9(2)18-10(3)13(8)14(17)16-12-6-4-5-11(12)7-15/h8-13H,4-7H2,1-3H3,(H,16,17). The van der Waals surface area contributed by atoms with Crippen LogP contribution in [0.4, 0.5) is 0 Å². The molecular formula is C14H24ClNO2. The molecule has 4 heteroatoms. The van der Waals surface area contributed by atoms with Crippen molar-refractivity contribution >= 4 is 17.5 Å². The Hall–Kier alpha value is -0.280. The van der Waals surface area contributed by atoms with Gasteiger partial charge >= 0.3 is 0 Å². The summed E-state index contributed by atoms with van der Waals surface area (Å²) in [6, 6.07) is 0.269. The smallest absolute Gasteiger partial charge is 0.226 e. The zero-order valence-electron chi connectivity index (χ0n) is 11.5. The third-order valence-corrected chi connectivity index (χ3v) is 5.13. The van der Waals surface area contributed by atoms with Crippen LogP contribution < -0.4 is 5.32 Å². The first kappa shape index (κ1) is 14.1. The Morgan fingerprint density at radius 3 is 2.56 bits per heavy atom. The van der Waals surface area contributed by atoms with E-state index >= 15 is 0 Å². The topological polar surface area (TPSA) is 38.3 Å². The molecule has 2 fully saturated rings. The molecule has 0 aromatic heterocycles. The quantitative estimate of drug-likeness (QED) is 0.803. The summed E-state index contributed by atoms with van der Waals surface area (Å²) in [7, 11) is 0. The van der Waals surface area contributed by atoms with E-state index < -0.39 is 0 Å². The van der Waals surface area contributed by atoms with Crippen molar-refractivity contribution in [1.29, 1.82) is 0 Å². The maximum atomic E-state index is 12.4. The Morgan fingerprint density at radius 2 is 2.00 bits per heavy atom. The Balaban J connectivity index is 1.95. The van der Waals surface area contributed by atoms with E-state index in [1.807, 2.05) is 13.8 Å². The van der Waals surface area contributed by atoms with Gasteiger partial charge in [0.05, 0.1) is 18.1 Å². The fourth-order valence-electron chi connectivity index (χ4n) is 3.41. The van der Waals surface area contributed by atoms with Crippen molar-refractivity contribution in [2.45, 2.75) is 58.3 Å². The van der Waals surface area contributed by atoms with E-state index in [1.165, 1.54) is 6.42 Å². The van der Waals surface area contributed by atoms with Crippen molar-refractivity contribution in [1.82, 2.24) is 5.32 Å². The van der Waals surface area contributed by atoms with Gasteiger partial charge in [-0.2, -0.15) is 0 Å². The number of alkyl halides is 1. The summed E-state index contributed by atoms with van der Waals surface area (Å²) in [6.45, 7) is 6.15. The van der Waals surface area contributed by atoms with Gasteiger partial charge in [-0.15, -0.1) is 11.6 Å². The summed E-state index contributed by atoms with van der Waals surface area (Å²) >= 11 is 5.95. The Kier molecular flexibility index (Phi) is 4.54. The number of rotatable bonds is 3. The molecule has 0 spiro atoms. The number of ether oxygens (including phenoxy) is 1. The first-order chi connectivity index (χ1) is 8.54. The molecular weight excluding hydrogens is 250 g/mol. The number of hydrogen-bond acceptors (Lipinski definition) is 2. The van der Waals surface area contributed by atoms with E-state index in [1.54, 1.807) is 0 Å². The van der Waals surface area contributed by atoms with Crippen LogP contribution in [0.25, 0.3) is 0 Å². The molecule has 1 heterocycles. The van der Waals surface area contributed by atoms with E-state index in [0.717, 1.165) is 12.8 Å². The van der Waals surface area contributed by atoms with Gasteiger partial charge in [-0.3, -0.25) is 4.79 Å². The molecule has 0 aromatic carbocycles. The minimum Gasteiger partial charge on any atom is -0.374 e. The molecule has 2 aliphatic rings. The molecule has 1 aliphatic carbocycles. The van der Waals surface area contributed by atoms with Gasteiger partial charge in [0.15, 0.2) is 0 Å². The van der Waals surface area contributed by atoms with Gasteiger partial charge in [-0.1, -0.05) is 13.3 Å². The van der Waals surface area contributed by atoms with E-state index in [4.69, 9.17) is 16.3 Å². The third-order valence-electron chi connectivity index (χ3n) is 4.73. The lowest BCUT2D eigenvalue weighted by molar-refractivity contribution is -0.128. The van der Waals surface area contributed by atoms with Gasteiger partial charge in [-0.25, -0.2) is 0 Å². The number of hydrogen-bond donors (Lipinski definition) is 1. The predicted octanol–water partition coefficient (Wildman–Crippen LogP) is 2.57. The van der Waals surface area contributed by atoms with Crippen LogP contribution >= 0.6 is 11.6 Å². The summed E-state index contributed by atoms with van der Waals surface area (Å²) in [6.07, 6.45) is 3.56. The molecule has 1 amide bonds. The highest BCUT2D eigenvalue weighted by Gasteiger charge is 2.42. The number of halogens is 1. The van der Waals surface area contributed by atoms with Crippen LogP contribution in [0.5, 0.6) is 0 Å². The van der Waals surface area contributed by atoms with Crippen LogP contribution in [0.2, 0.25) is 0 Å². The monoisotopic (exact) mass is 273 g/mol. The summed E-state index contributed by atoms with van der Waals surface area (Å²) in [5.74, 6) is 1.52. The van der Waals surface area contributed by atoms with Crippen molar-refractivity contribution in [2.75, 3.05) is 5.88 Å². The second-order valence-corrected chi connectivity index (χ2v) is 6.20. The first-order valence-electron chi connectivity index (χ1n) is 7.06. The summed E-state index contributed by atoms with van der Waals surface area (Å²) in [4.78, 5) is 12.4. The number of carbonyl (C=O) groups is 1. The van der Waals surface area contributed by atoms with Crippen LogP contribution in [0, 0.1) is 17.8 Å². The van der Waals surface area contributed by atoms with Crippen LogP contribution in [0.3, 0.4) is 0 Å². The SMILES string of the molecule is CC1OC(C)C(C(=O)NC2CCCC2CCl)C1C. The molecule has 1 saturated heterocycles. The number of carbonyl (C=O) groups excluding carboxylic acids is 1. The Bertz CT molecular complexity index is 310. The molecule has 1 aliphatic heterocycles. The predicted molar refractivity (Wildman–Crippen MR) is 72.7 cm³/mol. The number of amides is 1. The van der Waals surface area contributed by atoms with Gasteiger partial charge in [0.1, 0.15) is 0 Å². The molecule has 6 atom stereocenters. The molecule has 0 bridgehead atoms. The van der Waals surface area contributed by atoms with Crippen LogP contribution in [-0.2, 0) is 9.53 Å². The molecule has 0 aromatic rings. The Labute approximate surface area is 115 Å². The molecule has 3 nitrogen and oxygen atoms in total. The minimum atomic E-state index is -0.0171. The Morgan fingerprint density at radius 1 is 1.28 bits per heavy atom. The molecule has 1 saturated carbocycles. The van der Waals surface area contributed by atoms with Crippen molar-refractivity contribution in [3.8, 4) is 0 Å². The van der Waals surface area contributed by atoms with Crippen molar-refractivity contribution < 1.29 is 9.53 Å². The lowest BCUT2D eigenvalue weighted by Crippen LogP contribution is -2.44. The maximum Gasteiger partial charge on any atom is 0.226 e. The highest BCUT2D eigenvalue weighted by atomic mass is 35.5. The average Bonchev–Trinajstić information content (AvgIpc) is 2.85. The van der Waals surface area contributed by atoms with Gasteiger partial charge in [0.25, 0.3) is 0 Å². The zero-order chi connectivity index (χ0) is 13.3. The summed E-state index contributed by atoms with van der Waals surface area (Å²) < 4.78 is 5.74. The van der Waals surface area contributed by atoms with E-state index in [9.17, 15) is 4.79 Å². The average molecular weight is 274 g/mol. The molecule has 2 rings (SSSR count). The molecule has 18 heavy (non-hydrogen) atoms. The largest absolute Gasteiger partial charge is 0.374 e. The van der Waals surface area contributed by atoms with Crippen molar-refractivity contribution in [2.24, 2.45) is 17.8 Å². The lowest BCUT2D eigenvalue weighted by atomic mass is 9.88. The highest BCUT2D eigenvalue weighted by molar-refractivity contribution is 6.18. The van der Waals surface area contributed by atoms with Crippen LogP contribution in [0.15, 0.2) is 0 Å². The molecule has 6 unspecified atom stereocenters. The van der Waals surface area contributed by atoms with Gasteiger partial charge in [0, 0.05) is 11.9 Å².